The SMILES string of the molecule is CCOC(=O)c1c(NC(=O)[C@H](C)Sc2nnnn2-c2ccccc2)sc2c1CCCC2. The van der Waals surface area contributed by atoms with Crippen molar-refractivity contribution in [1.29, 1.82) is 0 Å². The Kier molecular flexibility index (Phi) is 6.67. The number of ether oxygens (including phenoxy) is 1. The third-order valence-corrected chi connectivity index (χ3v) is 7.22. The van der Waals surface area contributed by atoms with Crippen LogP contribution in [0.1, 0.15) is 47.5 Å². The van der Waals surface area contributed by atoms with Gasteiger partial charge in [-0.05, 0) is 67.7 Å². The lowest BCUT2D eigenvalue weighted by atomic mass is 9.95. The number of carbonyl (C=O) groups excluding carboxylic acids is 2. The van der Waals surface area contributed by atoms with E-state index in [9.17, 15) is 9.59 Å². The fraction of sp³-hybridized carbons (Fsp3) is 0.381. The second kappa shape index (κ2) is 9.61. The van der Waals surface area contributed by atoms with E-state index in [2.05, 4.69) is 20.8 Å². The number of benzene rings is 1. The van der Waals surface area contributed by atoms with Crippen molar-refractivity contribution in [3.05, 3.63) is 46.3 Å². The summed E-state index contributed by atoms with van der Waals surface area (Å²) < 4.78 is 6.87. The highest BCUT2D eigenvalue weighted by Crippen LogP contribution is 2.39. The topological polar surface area (TPSA) is 99.0 Å². The van der Waals surface area contributed by atoms with Crippen molar-refractivity contribution in [3.63, 3.8) is 0 Å². The summed E-state index contributed by atoms with van der Waals surface area (Å²) in [4.78, 5) is 26.7. The Bertz CT molecular complexity index is 1080. The van der Waals surface area contributed by atoms with Crippen molar-refractivity contribution in [2.24, 2.45) is 0 Å². The Hall–Kier alpha value is -2.72. The Morgan fingerprint density at radius 1 is 1.26 bits per heavy atom. The van der Waals surface area contributed by atoms with Gasteiger partial charge in [-0.3, -0.25) is 4.79 Å². The number of thiophene rings is 1. The number of thioether (sulfide) groups is 1. The molecule has 0 aliphatic heterocycles. The molecule has 1 amide bonds. The molecule has 1 atom stereocenters. The molecule has 8 nitrogen and oxygen atoms in total. The predicted molar refractivity (Wildman–Crippen MR) is 120 cm³/mol. The van der Waals surface area contributed by atoms with Crippen LogP contribution in [0.4, 0.5) is 5.00 Å². The van der Waals surface area contributed by atoms with Gasteiger partial charge < -0.3 is 10.1 Å². The molecule has 3 aromatic rings. The maximum absolute atomic E-state index is 13.0. The molecule has 0 fully saturated rings. The molecule has 31 heavy (non-hydrogen) atoms. The molecule has 0 saturated carbocycles. The first kappa shape index (κ1) is 21.5. The quantitative estimate of drug-likeness (QED) is 0.424. The smallest absolute Gasteiger partial charge is 0.341 e. The van der Waals surface area contributed by atoms with Gasteiger partial charge in [-0.15, -0.1) is 16.4 Å². The molecule has 2 aromatic heterocycles. The average Bonchev–Trinajstić information content (AvgIpc) is 3.38. The van der Waals surface area contributed by atoms with E-state index in [1.54, 1.807) is 18.5 Å². The molecule has 0 spiro atoms. The summed E-state index contributed by atoms with van der Waals surface area (Å²) in [5.74, 6) is -0.581. The van der Waals surface area contributed by atoms with Gasteiger partial charge >= 0.3 is 5.97 Å². The van der Waals surface area contributed by atoms with Crippen LogP contribution in [0.15, 0.2) is 35.5 Å². The number of amides is 1. The first-order chi connectivity index (χ1) is 15.1. The Morgan fingerprint density at radius 3 is 2.81 bits per heavy atom. The second-order valence-corrected chi connectivity index (χ2v) is 9.51. The highest BCUT2D eigenvalue weighted by molar-refractivity contribution is 8.00. The minimum absolute atomic E-state index is 0.211. The summed E-state index contributed by atoms with van der Waals surface area (Å²) in [5, 5.41) is 15.4. The normalized spacial score (nSPS) is 14.0. The van der Waals surface area contributed by atoms with Crippen molar-refractivity contribution < 1.29 is 14.3 Å². The van der Waals surface area contributed by atoms with Gasteiger partial charge in [0.2, 0.25) is 11.1 Å². The van der Waals surface area contributed by atoms with E-state index >= 15 is 0 Å². The van der Waals surface area contributed by atoms with Gasteiger partial charge in [-0.25, -0.2) is 4.79 Å². The zero-order chi connectivity index (χ0) is 21.8. The lowest BCUT2D eigenvalue weighted by Crippen LogP contribution is -2.24. The van der Waals surface area contributed by atoms with Crippen molar-refractivity contribution >= 4 is 40.0 Å². The van der Waals surface area contributed by atoms with Gasteiger partial charge in [-0.2, -0.15) is 4.68 Å². The van der Waals surface area contributed by atoms with E-state index in [0.717, 1.165) is 41.8 Å². The molecule has 1 aromatic carbocycles. The maximum Gasteiger partial charge on any atom is 0.341 e. The van der Waals surface area contributed by atoms with Crippen LogP contribution in [0.25, 0.3) is 5.69 Å². The molecule has 0 radical (unpaired) electrons. The zero-order valence-corrected chi connectivity index (χ0v) is 19.0. The standard InChI is InChI=1S/C21H23N5O3S2/c1-3-29-20(28)17-15-11-7-8-12-16(15)31-19(17)22-18(27)13(2)30-21-23-24-25-26(21)14-9-5-4-6-10-14/h4-6,9-10,13H,3,7-8,11-12H2,1-2H3,(H,22,27)/t13-/m0/s1. The van der Waals surface area contributed by atoms with Crippen LogP contribution in [-0.4, -0.2) is 43.9 Å². The maximum atomic E-state index is 13.0. The number of tetrazole rings is 1. The van der Waals surface area contributed by atoms with Gasteiger partial charge in [0.25, 0.3) is 0 Å². The van der Waals surface area contributed by atoms with Crippen LogP contribution in [0.3, 0.4) is 0 Å². The van der Waals surface area contributed by atoms with Gasteiger partial charge in [0, 0.05) is 4.88 Å². The Balaban J connectivity index is 1.52. The van der Waals surface area contributed by atoms with Crippen LogP contribution in [0.5, 0.6) is 0 Å². The lowest BCUT2D eigenvalue weighted by molar-refractivity contribution is -0.115. The molecule has 4 rings (SSSR count). The number of carbonyl (C=O) groups is 2. The van der Waals surface area contributed by atoms with E-state index in [1.165, 1.54) is 23.1 Å². The number of hydrogen-bond donors (Lipinski definition) is 1. The molecule has 0 unspecified atom stereocenters. The molecule has 0 saturated heterocycles. The van der Waals surface area contributed by atoms with Crippen LogP contribution in [0.2, 0.25) is 0 Å². The van der Waals surface area contributed by atoms with E-state index < -0.39 is 5.25 Å². The number of anilines is 1. The van der Waals surface area contributed by atoms with Gasteiger partial charge in [0.05, 0.1) is 23.1 Å². The number of rotatable bonds is 7. The Morgan fingerprint density at radius 2 is 2.03 bits per heavy atom. The summed E-state index contributed by atoms with van der Waals surface area (Å²) in [7, 11) is 0. The van der Waals surface area contributed by atoms with Crippen molar-refractivity contribution in [2.75, 3.05) is 11.9 Å². The summed E-state index contributed by atoms with van der Waals surface area (Å²) >= 11 is 2.74. The minimum Gasteiger partial charge on any atom is -0.462 e. The molecular formula is C21H23N5O3S2. The number of hydrogen-bond acceptors (Lipinski definition) is 8. The average molecular weight is 458 g/mol. The van der Waals surface area contributed by atoms with Crippen LogP contribution < -0.4 is 5.32 Å². The van der Waals surface area contributed by atoms with Gasteiger partial charge in [0.1, 0.15) is 5.00 Å². The summed E-state index contributed by atoms with van der Waals surface area (Å²) in [5.41, 5.74) is 2.36. The third-order valence-electron chi connectivity index (χ3n) is 4.98. The minimum atomic E-state index is -0.470. The third kappa shape index (κ3) is 4.64. The number of aromatic nitrogens is 4. The molecule has 0 bridgehead atoms. The first-order valence-electron chi connectivity index (χ1n) is 10.2. The summed E-state index contributed by atoms with van der Waals surface area (Å²) in [6.07, 6.45) is 3.90. The van der Waals surface area contributed by atoms with Crippen LogP contribution in [0, 0.1) is 0 Å². The Labute approximate surface area is 188 Å². The van der Waals surface area contributed by atoms with E-state index in [0.29, 0.717) is 22.3 Å². The lowest BCUT2D eigenvalue weighted by Gasteiger charge is -2.13. The molecule has 1 aliphatic carbocycles. The number of esters is 1. The molecular weight excluding hydrogens is 434 g/mol. The predicted octanol–water partition coefficient (Wildman–Crippen LogP) is 3.90. The van der Waals surface area contributed by atoms with Crippen LogP contribution >= 0.6 is 23.1 Å². The van der Waals surface area contributed by atoms with Gasteiger partial charge in [0.15, 0.2) is 0 Å². The number of fused-ring (bicyclic) bond motifs is 1. The summed E-state index contributed by atoms with van der Waals surface area (Å²) in [6.45, 7) is 3.87. The highest BCUT2D eigenvalue weighted by Gasteiger charge is 2.28. The molecule has 10 heteroatoms. The van der Waals surface area contributed by atoms with Crippen molar-refractivity contribution in [2.45, 2.75) is 49.9 Å². The number of aryl methyl sites for hydroxylation is 1. The molecule has 162 valence electrons. The van der Waals surface area contributed by atoms with Gasteiger partial charge in [-0.1, -0.05) is 30.0 Å². The fourth-order valence-corrected chi connectivity index (χ4v) is 5.57. The van der Waals surface area contributed by atoms with Crippen molar-refractivity contribution in [1.82, 2.24) is 20.2 Å². The van der Waals surface area contributed by atoms with Crippen molar-refractivity contribution in [3.8, 4) is 5.69 Å². The first-order valence-corrected chi connectivity index (χ1v) is 11.9. The summed E-state index contributed by atoms with van der Waals surface area (Å²) in [6, 6.07) is 9.51. The van der Waals surface area contributed by atoms with E-state index in [1.807, 2.05) is 30.3 Å². The second-order valence-electron chi connectivity index (χ2n) is 7.09. The fourth-order valence-electron chi connectivity index (χ4n) is 3.48. The molecule has 1 aliphatic rings. The zero-order valence-electron chi connectivity index (χ0n) is 17.3. The number of nitrogens with one attached hydrogen (secondary N) is 1. The number of nitrogens with zero attached hydrogens (tertiary/aromatic N) is 4. The number of para-hydroxylation sites is 1. The molecule has 1 N–H and O–H groups in total. The largest absolute Gasteiger partial charge is 0.462 e. The monoisotopic (exact) mass is 457 g/mol. The van der Waals surface area contributed by atoms with E-state index in [-0.39, 0.29) is 11.9 Å². The molecule has 2 heterocycles. The van der Waals surface area contributed by atoms with Crippen LogP contribution in [-0.2, 0) is 22.4 Å². The highest BCUT2D eigenvalue weighted by atomic mass is 32.2. The van der Waals surface area contributed by atoms with E-state index in [4.69, 9.17) is 4.74 Å².